The molecule has 2 bridgehead atoms. The first-order valence-electron chi connectivity index (χ1n) is 32.3. The molecule has 5 aliphatic rings. The Hall–Kier alpha value is -9.04. The van der Waals surface area contributed by atoms with Gasteiger partial charge in [-0.05, 0) is 137 Å². The largest absolute Gasteiger partial charge is 0.492 e. The lowest BCUT2D eigenvalue weighted by Gasteiger charge is -2.38. The number of nitriles is 1. The first-order valence-corrected chi connectivity index (χ1v) is 34.0. The SMILES string of the molecule is C[C@]12O[C@H](C[C@]1(O)CO)n1c3ccccc3c3c4c(c5c6ccccc6n2c5c31)CCC4=O.Cc1cnc(Nc2ccc(OCCN3CCCC3)cc2)nc1Nc1cccc(S(=O)(=O)CC(C)(C)C)c1.N#CCC(C1CCCC1)n1cc(-c2ncnc3[nH]ccc23)cn1. The molecular weight excluding hydrogens is 1190 g/mol. The highest BCUT2D eigenvalue weighted by atomic mass is 32.2. The minimum absolute atomic E-state index is 0.0757. The molecule has 3 aliphatic heterocycles. The number of aryl methyl sites for hydroxylation is 2. The third-order valence-electron chi connectivity index (χ3n) is 19.3. The van der Waals surface area contributed by atoms with E-state index in [0.717, 1.165) is 101 Å². The first kappa shape index (κ1) is 61.5. The molecule has 0 spiro atoms. The van der Waals surface area contributed by atoms with Gasteiger partial charge in [-0.2, -0.15) is 15.3 Å². The van der Waals surface area contributed by atoms with Crippen LogP contribution >= 0.6 is 0 Å². The highest BCUT2D eigenvalue weighted by Gasteiger charge is 2.61. The number of rotatable bonds is 15. The predicted molar refractivity (Wildman–Crippen MR) is 361 cm³/mol. The summed E-state index contributed by atoms with van der Waals surface area (Å²) >= 11 is 0. The highest BCUT2D eigenvalue weighted by Crippen LogP contribution is 2.58. The van der Waals surface area contributed by atoms with Crippen LogP contribution in [0.3, 0.4) is 0 Å². The first-order chi connectivity index (χ1) is 44.9. The molecule has 11 aromatic rings. The Bertz CT molecular complexity index is 4820. The zero-order valence-corrected chi connectivity index (χ0v) is 53.9. The minimum atomic E-state index is -3.40. The fraction of sp³-hybridized carbons (Fsp3) is 0.375. The standard InChI is InChI=1S/C28H37N5O3S.C27H22N2O4.C17H18N6/c1-21-19-29-27(31-22-10-12-24(13-11-22)36-17-16-33-14-5-6-15-33)32-26(21)30-23-8-7-9-25(18-23)37(34,35)20-28(2,3)4;1-26-27(32,13-30)12-20(33-26)28-17-8-4-2-6-14(17)23-22-16(10-11-19(22)31)21-15-7-3-5-9-18(15)29(26)25(21)24(23)28;18-7-5-15(12-3-1-2-4-12)23-10-13(9-22-23)16-14-6-8-19-17(14)21-11-20-16/h7-13,18-19H,5-6,14-17,20H2,1-4H3,(H2,29,30,31,32);2-9,20,30,32H,10-13H2,1H3;6,8-12,15H,1-5H2,(H,19,20,21)/t;20-,26+,27+;/m.1./s1. The molecule has 9 heterocycles. The van der Waals surface area contributed by atoms with E-state index in [4.69, 9.17) is 9.47 Å². The normalized spacial score (nSPS) is 19.8. The van der Waals surface area contributed by atoms with Crippen molar-refractivity contribution in [1.82, 2.24) is 48.7 Å². The molecular formula is C72H77N13O7S. The van der Waals surface area contributed by atoms with Gasteiger partial charge < -0.3 is 44.4 Å². The van der Waals surface area contributed by atoms with Gasteiger partial charge in [-0.25, -0.2) is 23.4 Å². The number of hydrogen-bond donors (Lipinski definition) is 5. The molecule has 0 amide bonds. The van der Waals surface area contributed by atoms with Crippen molar-refractivity contribution >= 4 is 93.4 Å². The lowest BCUT2D eigenvalue weighted by molar-refractivity contribution is -0.189. The van der Waals surface area contributed by atoms with E-state index < -0.39 is 34.0 Å². The van der Waals surface area contributed by atoms with Gasteiger partial charge in [0.2, 0.25) is 5.95 Å². The number of ketones is 1. The summed E-state index contributed by atoms with van der Waals surface area (Å²) in [4.78, 5) is 36.7. The van der Waals surface area contributed by atoms with Crippen molar-refractivity contribution < 1.29 is 32.9 Å². The Labute approximate surface area is 539 Å². The summed E-state index contributed by atoms with van der Waals surface area (Å²) in [6.45, 7) is 13.1. The number of nitrogens with one attached hydrogen (secondary N) is 3. The molecule has 20 nitrogen and oxygen atoms in total. The molecule has 2 aliphatic carbocycles. The summed E-state index contributed by atoms with van der Waals surface area (Å²) in [5.41, 5.74) is 7.88. The maximum absolute atomic E-state index is 13.3. The number of aliphatic hydroxyl groups excluding tert-OH is 1. The van der Waals surface area contributed by atoms with Crippen LogP contribution in [0.2, 0.25) is 0 Å². The van der Waals surface area contributed by atoms with Crippen molar-refractivity contribution in [1.29, 1.82) is 5.26 Å². The fourth-order valence-corrected chi connectivity index (χ4v) is 16.8. The second-order valence-corrected chi connectivity index (χ2v) is 28.8. The second-order valence-electron chi connectivity index (χ2n) is 26.8. The Balaban J connectivity index is 0.000000124. The molecule has 478 valence electrons. The van der Waals surface area contributed by atoms with Gasteiger partial charge in [0.1, 0.15) is 42.0 Å². The Morgan fingerprint density at radius 2 is 1.61 bits per heavy atom. The zero-order valence-electron chi connectivity index (χ0n) is 53.1. The molecule has 1 saturated carbocycles. The Morgan fingerprint density at radius 1 is 0.860 bits per heavy atom. The number of aliphatic hydroxyl groups is 2. The van der Waals surface area contributed by atoms with Gasteiger partial charge in [-0.3, -0.25) is 14.4 Å². The van der Waals surface area contributed by atoms with Crippen LogP contribution in [0.4, 0.5) is 23.1 Å². The van der Waals surface area contributed by atoms with E-state index in [1.165, 1.54) is 51.6 Å². The van der Waals surface area contributed by atoms with Crippen LogP contribution in [0.15, 0.2) is 139 Å². The number of likely N-dealkylation sites (tertiary alicyclic amines) is 1. The van der Waals surface area contributed by atoms with Gasteiger partial charge in [-0.1, -0.05) is 76.1 Å². The molecule has 93 heavy (non-hydrogen) atoms. The molecule has 5 N–H and O–H groups in total. The molecule has 2 saturated heterocycles. The molecule has 21 heteroatoms. The lowest BCUT2D eigenvalue weighted by atomic mass is 9.89. The van der Waals surface area contributed by atoms with E-state index >= 15 is 0 Å². The number of hydrogen-bond acceptors (Lipinski definition) is 16. The van der Waals surface area contributed by atoms with Gasteiger partial charge in [-0.15, -0.1) is 0 Å². The topological polar surface area (TPSA) is 256 Å². The maximum atomic E-state index is 13.3. The minimum Gasteiger partial charge on any atom is -0.492 e. The number of nitrogens with zero attached hydrogens (tertiary/aromatic N) is 10. The fourth-order valence-electron chi connectivity index (χ4n) is 14.9. The van der Waals surface area contributed by atoms with E-state index in [1.807, 2.05) is 125 Å². The summed E-state index contributed by atoms with van der Waals surface area (Å²) in [5.74, 6) is 2.70. The summed E-state index contributed by atoms with van der Waals surface area (Å²) in [6.07, 6.45) is 18.0. The van der Waals surface area contributed by atoms with Gasteiger partial charge in [0.25, 0.3) is 0 Å². The molecule has 5 aromatic carbocycles. The number of carbonyl (C=O) groups is 1. The van der Waals surface area contributed by atoms with Gasteiger partial charge in [0, 0.05) is 93.0 Å². The number of para-hydroxylation sites is 2. The number of benzene rings is 5. The Morgan fingerprint density at radius 3 is 2.37 bits per heavy atom. The molecule has 3 fully saturated rings. The number of anilines is 4. The van der Waals surface area contributed by atoms with Crippen molar-refractivity contribution in [2.45, 2.75) is 127 Å². The van der Waals surface area contributed by atoms with Crippen LogP contribution in [-0.4, -0.2) is 117 Å². The summed E-state index contributed by atoms with van der Waals surface area (Å²) in [5, 5.41) is 47.5. The quantitative estimate of drug-likeness (QED) is 0.0639. The van der Waals surface area contributed by atoms with Crippen LogP contribution in [0.5, 0.6) is 5.75 Å². The highest BCUT2D eigenvalue weighted by molar-refractivity contribution is 7.91. The third kappa shape index (κ3) is 11.3. The smallest absolute Gasteiger partial charge is 0.229 e. The number of ether oxygens (including phenoxy) is 2. The van der Waals surface area contributed by atoms with Crippen LogP contribution in [-0.2, 0) is 26.7 Å². The maximum Gasteiger partial charge on any atom is 0.229 e. The predicted octanol–water partition coefficient (Wildman–Crippen LogP) is 13.4. The van der Waals surface area contributed by atoms with E-state index in [0.29, 0.717) is 54.1 Å². The molecule has 4 atom stereocenters. The molecule has 6 aromatic heterocycles. The summed E-state index contributed by atoms with van der Waals surface area (Å²) in [7, 11) is -3.40. The summed E-state index contributed by atoms with van der Waals surface area (Å²) in [6, 6.07) is 35.3. The van der Waals surface area contributed by atoms with Gasteiger partial charge in [0.05, 0.1) is 69.7 Å². The van der Waals surface area contributed by atoms with Crippen molar-refractivity contribution in [2.75, 3.05) is 49.2 Å². The molecule has 1 unspecified atom stereocenters. The van der Waals surface area contributed by atoms with E-state index in [9.17, 15) is 28.7 Å². The van der Waals surface area contributed by atoms with Crippen LogP contribution in [0.1, 0.15) is 119 Å². The van der Waals surface area contributed by atoms with Crippen LogP contribution in [0.25, 0.3) is 65.9 Å². The number of aromatic nitrogens is 9. The molecule has 16 rings (SSSR count). The van der Waals surface area contributed by atoms with Crippen molar-refractivity contribution in [3.05, 3.63) is 151 Å². The van der Waals surface area contributed by atoms with Gasteiger partial charge >= 0.3 is 0 Å². The number of aromatic amines is 1. The number of Topliss-reactive ketones (excluding diaryl/α,β-unsaturated/α-hetero) is 1. The van der Waals surface area contributed by atoms with Gasteiger partial charge in [0.15, 0.2) is 21.3 Å². The van der Waals surface area contributed by atoms with E-state index in [2.05, 4.69) is 79.0 Å². The lowest BCUT2D eigenvalue weighted by Crippen LogP contribution is -2.53. The number of sulfone groups is 1. The number of carbonyl (C=O) groups excluding carboxylic acids is 1. The summed E-state index contributed by atoms with van der Waals surface area (Å²) < 4.78 is 44.5. The number of fused-ring (bicyclic) bond motifs is 14. The average molecular weight is 1270 g/mol. The monoisotopic (exact) mass is 1270 g/mol. The zero-order chi connectivity index (χ0) is 64.4. The average Bonchev–Trinajstić information content (AvgIpc) is 1.49. The van der Waals surface area contributed by atoms with Crippen molar-refractivity contribution in [3.8, 4) is 23.1 Å². The number of H-pyrrole nitrogens is 1. The molecule has 0 radical (unpaired) electrons. The van der Waals surface area contributed by atoms with Crippen molar-refractivity contribution in [3.63, 3.8) is 0 Å². The van der Waals surface area contributed by atoms with E-state index in [1.54, 1.807) is 30.7 Å². The Kier molecular flexibility index (Phi) is 16.2. The third-order valence-corrected chi connectivity index (χ3v) is 21.5. The van der Waals surface area contributed by atoms with E-state index in [-0.39, 0.29) is 29.4 Å². The van der Waals surface area contributed by atoms with Crippen molar-refractivity contribution in [2.24, 2.45) is 11.3 Å². The van der Waals surface area contributed by atoms with Crippen LogP contribution < -0.4 is 15.4 Å². The van der Waals surface area contributed by atoms with Crippen LogP contribution in [0, 0.1) is 29.6 Å². The second kappa shape index (κ2) is 24.5.